The van der Waals surface area contributed by atoms with Gasteiger partial charge in [0.15, 0.2) is 10.8 Å². The Labute approximate surface area is 66.7 Å². The van der Waals surface area contributed by atoms with Crippen molar-refractivity contribution in [2.45, 2.75) is 0 Å². The van der Waals surface area contributed by atoms with Gasteiger partial charge in [0.2, 0.25) is 0 Å². The summed E-state index contributed by atoms with van der Waals surface area (Å²) in [6.07, 6.45) is 3.27. The van der Waals surface area contributed by atoms with E-state index in [1.807, 2.05) is 5.38 Å². The van der Waals surface area contributed by atoms with Gasteiger partial charge >= 0.3 is 0 Å². The molecule has 0 amide bonds. The molecule has 2 aromatic rings. The topological polar surface area (TPSA) is 64.9 Å². The van der Waals surface area contributed by atoms with Gasteiger partial charge in [-0.15, -0.1) is 11.3 Å². The average molecular weight is 167 g/mol. The molecule has 5 heteroatoms. The third-order valence-corrected chi connectivity index (χ3v) is 1.95. The lowest BCUT2D eigenvalue weighted by molar-refractivity contribution is 0.594. The third-order valence-electron chi connectivity index (χ3n) is 1.17. The molecule has 0 spiro atoms. The van der Waals surface area contributed by atoms with E-state index in [-0.39, 0.29) is 6.01 Å². The Morgan fingerprint density at radius 1 is 1.45 bits per heavy atom. The Morgan fingerprint density at radius 3 is 2.91 bits per heavy atom. The molecule has 2 rings (SSSR count). The zero-order chi connectivity index (χ0) is 7.68. The highest BCUT2D eigenvalue weighted by molar-refractivity contribution is 7.13. The first-order valence-electron chi connectivity index (χ1n) is 2.97. The van der Waals surface area contributed by atoms with Crippen molar-refractivity contribution in [1.82, 2.24) is 9.97 Å². The Hall–Kier alpha value is -1.36. The lowest BCUT2D eigenvalue weighted by atomic mass is 10.5. The summed E-state index contributed by atoms with van der Waals surface area (Å²) < 4.78 is 5.04. The van der Waals surface area contributed by atoms with Crippen LogP contribution in [0.25, 0.3) is 10.8 Å². The highest BCUT2D eigenvalue weighted by Crippen LogP contribution is 2.22. The fourth-order valence-electron chi connectivity index (χ4n) is 0.732. The van der Waals surface area contributed by atoms with Crippen LogP contribution in [-0.2, 0) is 0 Å². The Morgan fingerprint density at radius 2 is 2.36 bits per heavy atom. The van der Waals surface area contributed by atoms with Gasteiger partial charge in [0.25, 0.3) is 6.01 Å². The van der Waals surface area contributed by atoms with Crippen LogP contribution in [-0.4, -0.2) is 9.97 Å². The van der Waals surface area contributed by atoms with E-state index in [2.05, 4.69) is 9.97 Å². The molecule has 0 fully saturated rings. The molecule has 2 heterocycles. The van der Waals surface area contributed by atoms with Gasteiger partial charge in [0.1, 0.15) is 0 Å². The van der Waals surface area contributed by atoms with Crippen molar-refractivity contribution in [3.63, 3.8) is 0 Å². The van der Waals surface area contributed by atoms with E-state index in [4.69, 9.17) is 10.2 Å². The minimum Gasteiger partial charge on any atom is -0.421 e. The number of aromatic nitrogens is 2. The highest BCUT2D eigenvalue weighted by atomic mass is 32.1. The molecule has 11 heavy (non-hydrogen) atoms. The Balaban J connectivity index is 2.45. The molecule has 0 aliphatic heterocycles. The van der Waals surface area contributed by atoms with E-state index >= 15 is 0 Å². The van der Waals surface area contributed by atoms with Gasteiger partial charge < -0.3 is 10.2 Å². The fourth-order valence-corrected chi connectivity index (χ4v) is 1.31. The van der Waals surface area contributed by atoms with Crippen LogP contribution < -0.4 is 5.73 Å². The van der Waals surface area contributed by atoms with Crippen molar-refractivity contribution in [1.29, 1.82) is 0 Å². The Bertz CT molecular complexity index is 340. The molecule has 56 valence electrons. The molecule has 2 N–H and O–H groups in total. The van der Waals surface area contributed by atoms with Gasteiger partial charge in [0.05, 0.1) is 6.20 Å². The maximum atomic E-state index is 5.28. The van der Waals surface area contributed by atoms with Crippen LogP contribution >= 0.6 is 11.3 Å². The molecular weight excluding hydrogens is 162 g/mol. The zero-order valence-electron chi connectivity index (χ0n) is 5.52. The van der Waals surface area contributed by atoms with Gasteiger partial charge in [-0.1, -0.05) is 0 Å². The molecule has 0 bridgehead atoms. The van der Waals surface area contributed by atoms with Gasteiger partial charge in [0, 0.05) is 11.6 Å². The molecule has 0 atom stereocenters. The van der Waals surface area contributed by atoms with E-state index in [9.17, 15) is 0 Å². The molecule has 0 radical (unpaired) electrons. The molecular formula is C6H5N3OS. The van der Waals surface area contributed by atoms with Crippen LogP contribution in [0.2, 0.25) is 0 Å². The molecule has 0 saturated carbocycles. The van der Waals surface area contributed by atoms with Crippen molar-refractivity contribution in [2.24, 2.45) is 0 Å². The second-order valence-corrected chi connectivity index (χ2v) is 2.79. The fraction of sp³-hybridized carbons (Fsp3) is 0. The van der Waals surface area contributed by atoms with Crippen molar-refractivity contribution >= 4 is 17.4 Å². The van der Waals surface area contributed by atoms with E-state index in [1.54, 1.807) is 12.4 Å². The predicted octanol–water partition coefficient (Wildman–Crippen LogP) is 1.38. The summed E-state index contributed by atoms with van der Waals surface area (Å²) in [6.45, 7) is 0. The molecule has 4 nitrogen and oxygen atoms in total. The highest BCUT2D eigenvalue weighted by Gasteiger charge is 2.04. The molecule has 0 aliphatic carbocycles. The van der Waals surface area contributed by atoms with Crippen molar-refractivity contribution in [3.8, 4) is 10.8 Å². The van der Waals surface area contributed by atoms with Crippen LogP contribution in [0, 0.1) is 0 Å². The van der Waals surface area contributed by atoms with Gasteiger partial charge in [-0.25, -0.2) is 9.97 Å². The summed E-state index contributed by atoms with van der Waals surface area (Å²) in [6, 6.07) is 0.176. The number of nitrogens with two attached hydrogens (primary N) is 1. The minimum atomic E-state index is 0.176. The Kier molecular flexibility index (Phi) is 1.36. The number of rotatable bonds is 1. The summed E-state index contributed by atoms with van der Waals surface area (Å²) in [4.78, 5) is 7.78. The molecule has 0 unspecified atom stereocenters. The monoisotopic (exact) mass is 167 g/mol. The normalized spacial score (nSPS) is 10.2. The summed E-state index contributed by atoms with van der Waals surface area (Å²) in [5.41, 5.74) is 5.28. The first-order chi connectivity index (χ1) is 5.36. The summed E-state index contributed by atoms with van der Waals surface area (Å²) in [5, 5.41) is 2.67. The molecule has 2 aromatic heterocycles. The average Bonchev–Trinajstić information content (AvgIpc) is 2.55. The summed E-state index contributed by atoms with van der Waals surface area (Å²) >= 11 is 1.49. The van der Waals surface area contributed by atoms with Crippen molar-refractivity contribution in [3.05, 3.63) is 17.8 Å². The number of hydrogen-bond acceptors (Lipinski definition) is 5. The van der Waals surface area contributed by atoms with E-state index in [0.717, 1.165) is 5.01 Å². The maximum Gasteiger partial charge on any atom is 0.292 e. The molecule has 0 saturated heterocycles. The van der Waals surface area contributed by atoms with Crippen molar-refractivity contribution < 1.29 is 4.42 Å². The standard InChI is InChI=1S/C6H5N3OS/c7-6-9-3-4(10-6)5-8-1-2-11-5/h1-3H,(H2,7,9). The van der Waals surface area contributed by atoms with E-state index in [0.29, 0.717) is 5.76 Å². The smallest absolute Gasteiger partial charge is 0.292 e. The SMILES string of the molecule is Nc1ncc(-c2nccs2)o1. The first-order valence-corrected chi connectivity index (χ1v) is 3.85. The number of anilines is 1. The van der Waals surface area contributed by atoms with Crippen LogP contribution in [0.3, 0.4) is 0 Å². The molecule has 0 aliphatic rings. The van der Waals surface area contributed by atoms with E-state index < -0.39 is 0 Å². The van der Waals surface area contributed by atoms with Crippen molar-refractivity contribution in [2.75, 3.05) is 5.73 Å². The van der Waals surface area contributed by atoms with Crippen LogP contribution in [0.15, 0.2) is 22.2 Å². The van der Waals surface area contributed by atoms with Gasteiger partial charge in [-0.05, 0) is 0 Å². The maximum absolute atomic E-state index is 5.28. The number of oxazole rings is 1. The number of nitrogen functional groups attached to an aromatic ring is 1. The van der Waals surface area contributed by atoms with Gasteiger partial charge in [-0.2, -0.15) is 0 Å². The predicted molar refractivity (Wildman–Crippen MR) is 42.0 cm³/mol. The van der Waals surface area contributed by atoms with E-state index in [1.165, 1.54) is 11.3 Å². The summed E-state index contributed by atoms with van der Waals surface area (Å²) in [5.74, 6) is 0.623. The first kappa shape index (κ1) is 6.36. The third kappa shape index (κ3) is 1.10. The van der Waals surface area contributed by atoms with Crippen LogP contribution in [0.1, 0.15) is 0 Å². The van der Waals surface area contributed by atoms with Gasteiger partial charge in [-0.3, -0.25) is 0 Å². The lowest BCUT2D eigenvalue weighted by Gasteiger charge is -1.83. The molecule has 0 aromatic carbocycles. The lowest BCUT2D eigenvalue weighted by Crippen LogP contribution is -1.79. The largest absolute Gasteiger partial charge is 0.421 e. The van der Waals surface area contributed by atoms with Crippen LogP contribution in [0.4, 0.5) is 6.01 Å². The second kappa shape index (κ2) is 2.35. The number of hydrogen-bond donors (Lipinski definition) is 1. The minimum absolute atomic E-state index is 0.176. The number of thiazole rings is 1. The van der Waals surface area contributed by atoms with Crippen LogP contribution in [0.5, 0.6) is 0 Å². The zero-order valence-corrected chi connectivity index (χ0v) is 6.34. The quantitative estimate of drug-likeness (QED) is 0.696. The second-order valence-electron chi connectivity index (χ2n) is 1.90. The summed E-state index contributed by atoms with van der Waals surface area (Å²) in [7, 11) is 0. The number of nitrogens with zero attached hydrogens (tertiary/aromatic N) is 2.